The number of aromatic nitrogens is 4. The molecule has 0 bridgehead atoms. The Labute approximate surface area is 152 Å². The number of hydrogen-bond donors (Lipinski definition) is 0. The van der Waals surface area contributed by atoms with E-state index in [-0.39, 0.29) is 0 Å². The minimum atomic E-state index is 0.493. The first-order chi connectivity index (χ1) is 12.7. The van der Waals surface area contributed by atoms with Gasteiger partial charge in [0, 0.05) is 37.6 Å². The summed E-state index contributed by atoms with van der Waals surface area (Å²) >= 11 is 0. The van der Waals surface area contributed by atoms with E-state index < -0.39 is 0 Å². The average Bonchev–Trinajstić information content (AvgIpc) is 3.31. The maximum absolute atomic E-state index is 9.01. The highest BCUT2D eigenvalue weighted by Crippen LogP contribution is 2.23. The Hall–Kier alpha value is -3.11. The normalized spacial score (nSPS) is 14.0. The second kappa shape index (κ2) is 7.02. The third kappa shape index (κ3) is 3.32. The number of ether oxygens (including phenoxy) is 1. The summed E-state index contributed by atoms with van der Waals surface area (Å²) in [4.78, 5) is 2.37. The van der Waals surface area contributed by atoms with E-state index >= 15 is 0 Å². The molecule has 26 heavy (non-hydrogen) atoms. The Morgan fingerprint density at radius 1 is 1.23 bits per heavy atom. The van der Waals surface area contributed by atoms with Gasteiger partial charge in [0.25, 0.3) is 0 Å². The Morgan fingerprint density at radius 3 is 2.92 bits per heavy atom. The summed E-state index contributed by atoms with van der Waals surface area (Å²) in [6, 6.07) is 12.2. The van der Waals surface area contributed by atoms with Crippen LogP contribution in [0, 0.1) is 11.3 Å². The van der Waals surface area contributed by atoms with E-state index in [0.717, 1.165) is 43.2 Å². The number of fused-ring (bicyclic) bond motifs is 1. The predicted molar refractivity (Wildman–Crippen MR) is 95.4 cm³/mol. The van der Waals surface area contributed by atoms with Gasteiger partial charge in [-0.25, -0.2) is 0 Å². The van der Waals surface area contributed by atoms with Crippen molar-refractivity contribution in [3.05, 3.63) is 65.2 Å². The SMILES string of the molecule is COc1ccc(CN2CCn3nc(C#N)cc3C2)cc1Cn1cccn1. The van der Waals surface area contributed by atoms with Crippen molar-refractivity contribution in [2.45, 2.75) is 26.2 Å². The molecule has 132 valence electrons. The summed E-state index contributed by atoms with van der Waals surface area (Å²) in [6.45, 7) is 4.06. The molecule has 0 fully saturated rings. The number of nitrogens with zero attached hydrogens (tertiary/aromatic N) is 6. The summed E-state index contributed by atoms with van der Waals surface area (Å²) in [6.07, 6.45) is 3.73. The number of rotatable bonds is 5. The summed E-state index contributed by atoms with van der Waals surface area (Å²) in [7, 11) is 1.69. The van der Waals surface area contributed by atoms with E-state index in [0.29, 0.717) is 12.2 Å². The lowest BCUT2D eigenvalue weighted by atomic mass is 10.1. The zero-order chi connectivity index (χ0) is 17.9. The van der Waals surface area contributed by atoms with Crippen LogP contribution in [0.1, 0.15) is 22.5 Å². The first kappa shape index (κ1) is 16.4. The molecule has 1 aromatic carbocycles. The summed E-state index contributed by atoms with van der Waals surface area (Å²) in [5.74, 6) is 0.875. The van der Waals surface area contributed by atoms with Crippen LogP contribution in [0.4, 0.5) is 0 Å². The van der Waals surface area contributed by atoms with Gasteiger partial charge in [0.05, 0.1) is 25.9 Å². The topological polar surface area (TPSA) is 71.9 Å². The highest BCUT2D eigenvalue weighted by molar-refractivity contribution is 5.37. The van der Waals surface area contributed by atoms with Crippen molar-refractivity contribution in [2.24, 2.45) is 0 Å². The molecule has 0 aliphatic carbocycles. The van der Waals surface area contributed by atoms with E-state index in [9.17, 15) is 0 Å². The molecule has 0 N–H and O–H groups in total. The first-order valence-corrected chi connectivity index (χ1v) is 8.57. The molecule has 0 atom stereocenters. The Bertz CT molecular complexity index is 938. The van der Waals surface area contributed by atoms with Crippen LogP contribution in [0.3, 0.4) is 0 Å². The highest BCUT2D eigenvalue weighted by Gasteiger charge is 2.19. The third-order valence-electron chi connectivity index (χ3n) is 4.63. The van der Waals surface area contributed by atoms with Crippen molar-refractivity contribution < 1.29 is 4.74 Å². The lowest BCUT2D eigenvalue weighted by Gasteiger charge is -2.27. The van der Waals surface area contributed by atoms with Gasteiger partial charge in [0.1, 0.15) is 11.8 Å². The van der Waals surface area contributed by atoms with Gasteiger partial charge in [-0.05, 0) is 29.8 Å². The quantitative estimate of drug-likeness (QED) is 0.705. The first-order valence-electron chi connectivity index (χ1n) is 8.57. The molecule has 0 radical (unpaired) electrons. The fourth-order valence-electron chi connectivity index (χ4n) is 3.39. The smallest absolute Gasteiger partial charge is 0.162 e. The summed E-state index contributed by atoms with van der Waals surface area (Å²) in [5.41, 5.74) is 3.94. The molecular weight excluding hydrogens is 328 g/mol. The number of benzene rings is 1. The van der Waals surface area contributed by atoms with Crippen LogP contribution in [0.2, 0.25) is 0 Å². The Balaban J connectivity index is 1.50. The van der Waals surface area contributed by atoms with Crippen molar-refractivity contribution >= 4 is 0 Å². The fourth-order valence-corrected chi connectivity index (χ4v) is 3.39. The molecule has 0 spiro atoms. The van der Waals surface area contributed by atoms with Gasteiger partial charge in [-0.15, -0.1) is 0 Å². The molecule has 3 heterocycles. The molecule has 4 rings (SSSR count). The van der Waals surface area contributed by atoms with Crippen LogP contribution in [0.15, 0.2) is 42.7 Å². The van der Waals surface area contributed by atoms with Gasteiger partial charge in [-0.2, -0.15) is 15.5 Å². The van der Waals surface area contributed by atoms with Crippen molar-refractivity contribution in [3.8, 4) is 11.8 Å². The third-order valence-corrected chi connectivity index (χ3v) is 4.63. The van der Waals surface area contributed by atoms with Crippen molar-refractivity contribution in [1.29, 1.82) is 5.26 Å². The molecule has 0 saturated carbocycles. The largest absolute Gasteiger partial charge is 0.496 e. The van der Waals surface area contributed by atoms with Crippen LogP contribution < -0.4 is 4.74 Å². The minimum Gasteiger partial charge on any atom is -0.496 e. The highest BCUT2D eigenvalue weighted by atomic mass is 16.5. The summed E-state index contributed by atoms with van der Waals surface area (Å²) < 4.78 is 9.33. The minimum absolute atomic E-state index is 0.493. The van der Waals surface area contributed by atoms with Gasteiger partial charge in [-0.3, -0.25) is 14.3 Å². The van der Waals surface area contributed by atoms with Gasteiger partial charge in [-0.1, -0.05) is 6.07 Å². The van der Waals surface area contributed by atoms with Gasteiger partial charge < -0.3 is 4.74 Å². The molecule has 0 amide bonds. The van der Waals surface area contributed by atoms with Gasteiger partial charge >= 0.3 is 0 Å². The van der Waals surface area contributed by atoms with Crippen molar-refractivity contribution in [1.82, 2.24) is 24.5 Å². The van der Waals surface area contributed by atoms with Crippen LogP contribution in [0.25, 0.3) is 0 Å². The second-order valence-corrected chi connectivity index (χ2v) is 6.42. The van der Waals surface area contributed by atoms with Gasteiger partial charge in [0.15, 0.2) is 5.69 Å². The van der Waals surface area contributed by atoms with E-state index in [1.807, 2.05) is 33.8 Å². The van der Waals surface area contributed by atoms with Crippen molar-refractivity contribution in [3.63, 3.8) is 0 Å². The van der Waals surface area contributed by atoms with Crippen LogP contribution >= 0.6 is 0 Å². The molecule has 7 heteroatoms. The second-order valence-electron chi connectivity index (χ2n) is 6.42. The number of methoxy groups -OCH3 is 1. The monoisotopic (exact) mass is 348 g/mol. The number of hydrogen-bond acceptors (Lipinski definition) is 5. The maximum atomic E-state index is 9.01. The molecule has 0 unspecified atom stereocenters. The van der Waals surface area contributed by atoms with Crippen LogP contribution in [0.5, 0.6) is 5.75 Å². The molecule has 0 saturated heterocycles. The van der Waals surface area contributed by atoms with Crippen LogP contribution in [-0.4, -0.2) is 38.1 Å². The Kier molecular flexibility index (Phi) is 4.42. The molecular formula is C19H20N6O. The van der Waals surface area contributed by atoms with E-state index in [4.69, 9.17) is 10.00 Å². The fraction of sp³-hybridized carbons (Fsp3) is 0.316. The number of nitriles is 1. The lowest BCUT2D eigenvalue weighted by Crippen LogP contribution is -2.33. The van der Waals surface area contributed by atoms with E-state index in [1.54, 1.807) is 13.3 Å². The molecule has 2 aromatic heterocycles. The van der Waals surface area contributed by atoms with Gasteiger partial charge in [0.2, 0.25) is 0 Å². The zero-order valence-corrected chi connectivity index (χ0v) is 14.7. The van der Waals surface area contributed by atoms with Crippen LogP contribution in [-0.2, 0) is 26.2 Å². The zero-order valence-electron chi connectivity index (χ0n) is 14.7. The average molecular weight is 348 g/mol. The maximum Gasteiger partial charge on any atom is 0.162 e. The molecule has 1 aliphatic rings. The van der Waals surface area contributed by atoms with E-state index in [1.165, 1.54) is 5.56 Å². The van der Waals surface area contributed by atoms with E-state index in [2.05, 4.69) is 33.3 Å². The predicted octanol–water partition coefficient (Wildman–Crippen LogP) is 2.02. The molecule has 3 aromatic rings. The molecule has 1 aliphatic heterocycles. The molecule has 7 nitrogen and oxygen atoms in total. The standard InChI is InChI=1S/C19H20N6O/c1-26-19-4-3-15(9-16(19)13-24-6-2-5-21-24)12-23-7-8-25-18(14-23)10-17(11-20)22-25/h2-6,9-10H,7-8,12-14H2,1H3. The lowest BCUT2D eigenvalue weighted by molar-refractivity contribution is 0.205. The van der Waals surface area contributed by atoms with Crippen molar-refractivity contribution in [2.75, 3.05) is 13.7 Å². The Morgan fingerprint density at radius 2 is 2.15 bits per heavy atom. The summed E-state index contributed by atoms with van der Waals surface area (Å²) in [5, 5.41) is 17.6.